The van der Waals surface area contributed by atoms with Gasteiger partial charge in [0.25, 0.3) is 11.7 Å². The van der Waals surface area contributed by atoms with Gasteiger partial charge in [-0.25, -0.2) is 0 Å². The van der Waals surface area contributed by atoms with Crippen LogP contribution in [-0.2, 0) is 16.2 Å². The van der Waals surface area contributed by atoms with Gasteiger partial charge in [-0.3, -0.25) is 19.5 Å². The molecular formula is C32H28N2O5. The van der Waals surface area contributed by atoms with Crippen molar-refractivity contribution in [2.24, 2.45) is 0 Å². The molecule has 1 fully saturated rings. The summed E-state index contributed by atoms with van der Waals surface area (Å²) in [6, 6.07) is 23.0. The van der Waals surface area contributed by atoms with Crippen molar-refractivity contribution in [3.63, 3.8) is 0 Å². The molecule has 39 heavy (non-hydrogen) atoms. The average Bonchev–Trinajstić information content (AvgIpc) is 3.23. The Morgan fingerprint density at radius 2 is 1.69 bits per heavy atom. The maximum absolute atomic E-state index is 13.5. The van der Waals surface area contributed by atoms with E-state index in [9.17, 15) is 14.7 Å². The largest absolute Gasteiger partial charge is 0.507 e. The van der Waals surface area contributed by atoms with Gasteiger partial charge in [0.2, 0.25) is 0 Å². The normalized spacial score (nSPS) is 16.4. The van der Waals surface area contributed by atoms with Crippen LogP contribution in [0, 0.1) is 13.8 Å². The number of benzene rings is 3. The van der Waals surface area contributed by atoms with Gasteiger partial charge in [-0.2, -0.15) is 0 Å². The summed E-state index contributed by atoms with van der Waals surface area (Å²) in [6.07, 6.45) is 3.21. The van der Waals surface area contributed by atoms with Gasteiger partial charge in [-0.1, -0.05) is 36.4 Å². The number of amides is 1. The number of aryl methyl sites for hydroxylation is 2. The first-order chi connectivity index (χ1) is 18.9. The van der Waals surface area contributed by atoms with Crippen LogP contribution in [0.25, 0.3) is 5.76 Å². The molecule has 1 aliphatic rings. The van der Waals surface area contributed by atoms with Crippen molar-refractivity contribution in [3.05, 3.63) is 125 Å². The number of Topliss-reactive ketones (excluding diaryl/α,β-unsaturated/α-hetero) is 1. The quantitative estimate of drug-likeness (QED) is 0.185. The van der Waals surface area contributed by atoms with Crippen LogP contribution in [-0.4, -0.2) is 28.9 Å². The summed E-state index contributed by atoms with van der Waals surface area (Å²) in [5, 5.41) is 11.5. The van der Waals surface area contributed by atoms with E-state index in [0.29, 0.717) is 40.5 Å². The smallest absolute Gasteiger partial charge is 0.300 e. The number of methoxy groups -OCH3 is 1. The van der Waals surface area contributed by atoms with Crippen molar-refractivity contribution < 1.29 is 24.2 Å². The highest BCUT2D eigenvalue weighted by molar-refractivity contribution is 6.51. The second kappa shape index (κ2) is 10.8. The second-order valence-corrected chi connectivity index (χ2v) is 9.36. The minimum absolute atomic E-state index is 0.00470. The maximum Gasteiger partial charge on any atom is 0.300 e. The second-order valence-electron chi connectivity index (χ2n) is 9.36. The summed E-state index contributed by atoms with van der Waals surface area (Å²) < 4.78 is 11.3. The van der Waals surface area contributed by atoms with Crippen molar-refractivity contribution in [2.45, 2.75) is 26.5 Å². The lowest BCUT2D eigenvalue weighted by Crippen LogP contribution is -2.29. The van der Waals surface area contributed by atoms with Gasteiger partial charge < -0.3 is 14.6 Å². The third-order valence-electron chi connectivity index (χ3n) is 6.80. The third kappa shape index (κ3) is 4.99. The van der Waals surface area contributed by atoms with Crippen molar-refractivity contribution in [2.75, 3.05) is 12.0 Å². The summed E-state index contributed by atoms with van der Waals surface area (Å²) in [7, 11) is 1.58. The molecule has 1 amide bonds. The zero-order valence-electron chi connectivity index (χ0n) is 21.9. The fourth-order valence-electron chi connectivity index (χ4n) is 4.81. The number of carbonyl (C=O) groups is 2. The number of hydrogen-bond donors (Lipinski definition) is 1. The number of aliphatic hydroxyl groups excluding tert-OH is 1. The minimum Gasteiger partial charge on any atom is -0.507 e. The van der Waals surface area contributed by atoms with Gasteiger partial charge in [0.05, 0.1) is 18.7 Å². The summed E-state index contributed by atoms with van der Waals surface area (Å²) in [6.45, 7) is 4.08. The van der Waals surface area contributed by atoms with Gasteiger partial charge in [-0.05, 0) is 78.6 Å². The summed E-state index contributed by atoms with van der Waals surface area (Å²) >= 11 is 0. The molecule has 7 nitrogen and oxygen atoms in total. The van der Waals surface area contributed by atoms with E-state index >= 15 is 0 Å². The molecule has 2 heterocycles. The number of nitrogens with zero attached hydrogens (tertiary/aromatic N) is 2. The number of pyridine rings is 1. The van der Waals surface area contributed by atoms with Crippen LogP contribution in [0.4, 0.5) is 5.69 Å². The van der Waals surface area contributed by atoms with E-state index in [-0.39, 0.29) is 11.3 Å². The zero-order valence-corrected chi connectivity index (χ0v) is 21.9. The van der Waals surface area contributed by atoms with Gasteiger partial charge in [-0.15, -0.1) is 0 Å². The van der Waals surface area contributed by atoms with E-state index < -0.39 is 17.7 Å². The Bertz CT molecular complexity index is 1550. The van der Waals surface area contributed by atoms with Crippen LogP contribution in [0.1, 0.15) is 33.9 Å². The fraction of sp³-hybridized carbons (Fsp3) is 0.156. The summed E-state index contributed by atoms with van der Waals surface area (Å²) in [4.78, 5) is 32.5. The first-order valence-corrected chi connectivity index (χ1v) is 12.5. The molecule has 1 N–H and O–H groups in total. The molecule has 0 radical (unpaired) electrons. The van der Waals surface area contributed by atoms with E-state index in [1.165, 1.54) is 4.90 Å². The molecular weight excluding hydrogens is 492 g/mol. The molecule has 196 valence electrons. The number of rotatable bonds is 7. The molecule has 1 saturated heterocycles. The van der Waals surface area contributed by atoms with Crippen molar-refractivity contribution >= 4 is 23.1 Å². The van der Waals surface area contributed by atoms with E-state index in [2.05, 4.69) is 4.98 Å². The summed E-state index contributed by atoms with van der Waals surface area (Å²) in [5.41, 5.74) is 4.11. The number of aromatic nitrogens is 1. The predicted octanol–water partition coefficient (Wildman–Crippen LogP) is 5.91. The molecule has 4 aromatic rings. The van der Waals surface area contributed by atoms with Crippen molar-refractivity contribution in [1.82, 2.24) is 4.98 Å². The molecule has 1 atom stereocenters. The molecule has 7 heteroatoms. The zero-order chi connectivity index (χ0) is 27.5. The number of ether oxygens (including phenoxy) is 2. The van der Waals surface area contributed by atoms with E-state index in [1.54, 1.807) is 68.0 Å². The molecule has 3 aromatic carbocycles. The monoisotopic (exact) mass is 520 g/mol. The molecule has 0 bridgehead atoms. The number of carbonyl (C=O) groups excluding carboxylic acids is 2. The molecule has 1 unspecified atom stereocenters. The Balaban J connectivity index is 1.55. The van der Waals surface area contributed by atoms with E-state index in [1.807, 2.05) is 44.2 Å². The van der Waals surface area contributed by atoms with E-state index in [0.717, 1.165) is 11.1 Å². The topological polar surface area (TPSA) is 89.0 Å². The number of ketones is 1. The van der Waals surface area contributed by atoms with Crippen LogP contribution in [0.15, 0.2) is 96.8 Å². The number of hydrogen-bond acceptors (Lipinski definition) is 6. The SMILES string of the molecule is COc1cc(C)c(/C(O)=C2\C(=O)C(=O)N(c3ccc(OCc4ccccc4)cc3)C2c2cccnc2)cc1C. The predicted molar refractivity (Wildman–Crippen MR) is 149 cm³/mol. The maximum atomic E-state index is 13.5. The Morgan fingerprint density at radius 1 is 0.949 bits per heavy atom. The minimum atomic E-state index is -0.864. The highest BCUT2D eigenvalue weighted by Gasteiger charge is 2.47. The van der Waals surface area contributed by atoms with Crippen LogP contribution in [0.2, 0.25) is 0 Å². The van der Waals surface area contributed by atoms with Crippen LogP contribution in [0.3, 0.4) is 0 Å². The van der Waals surface area contributed by atoms with E-state index in [4.69, 9.17) is 9.47 Å². The lowest BCUT2D eigenvalue weighted by atomic mass is 9.93. The molecule has 0 aliphatic carbocycles. The first-order valence-electron chi connectivity index (χ1n) is 12.5. The number of anilines is 1. The highest BCUT2D eigenvalue weighted by atomic mass is 16.5. The fourth-order valence-corrected chi connectivity index (χ4v) is 4.81. The molecule has 1 aromatic heterocycles. The average molecular weight is 521 g/mol. The molecule has 5 rings (SSSR count). The van der Waals surface area contributed by atoms with Crippen molar-refractivity contribution in [3.8, 4) is 11.5 Å². The Hall–Kier alpha value is -4.91. The lowest BCUT2D eigenvalue weighted by molar-refractivity contribution is -0.132. The molecule has 1 aliphatic heterocycles. The van der Waals surface area contributed by atoms with Gasteiger partial charge in [0.15, 0.2) is 0 Å². The molecule has 0 spiro atoms. The van der Waals surface area contributed by atoms with Gasteiger partial charge in [0.1, 0.15) is 23.9 Å². The van der Waals surface area contributed by atoms with Crippen molar-refractivity contribution in [1.29, 1.82) is 0 Å². The van der Waals surface area contributed by atoms with Crippen LogP contribution < -0.4 is 14.4 Å². The highest BCUT2D eigenvalue weighted by Crippen LogP contribution is 2.43. The van der Waals surface area contributed by atoms with Crippen LogP contribution in [0.5, 0.6) is 11.5 Å². The summed E-state index contributed by atoms with van der Waals surface area (Å²) in [5.74, 6) is -0.440. The molecule has 0 saturated carbocycles. The van der Waals surface area contributed by atoms with Crippen LogP contribution >= 0.6 is 0 Å². The van der Waals surface area contributed by atoms with Gasteiger partial charge >= 0.3 is 0 Å². The number of aliphatic hydroxyl groups is 1. The van der Waals surface area contributed by atoms with Gasteiger partial charge in [0, 0.05) is 23.6 Å². The Kier molecular flexibility index (Phi) is 7.14. The lowest BCUT2D eigenvalue weighted by Gasteiger charge is -2.25. The first kappa shape index (κ1) is 25.7. The Morgan fingerprint density at radius 3 is 2.36 bits per heavy atom. The third-order valence-corrected chi connectivity index (χ3v) is 6.80. The standard InChI is InChI=1S/C32H28N2O5/c1-20-17-27(38-3)21(2)16-26(20)30(35)28-29(23-10-7-15-33-18-23)34(32(37)31(28)36)24-11-13-25(14-12-24)39-19-22-8-5-4-6-9-22/h4-18,29,35H,19H2,1-3H3/b30-28+. The Labute approximate surface area is 227 Å².